The maximum Gasteiger partial charge on any atom is 0.109 e. The lowest BCUT2D eigenvalue weighted by atomic mass is 9.99. The van der Waals surface area contributed by atoms with E-state index in [9.17, 15) is 0 Å². The van der Waals surface area contributed by atoms with Crippen molar-refractivity contribution in [3.8, 4) is 11.8 Å². The molecule has 3 rings (SSSR count). The van der Waals surface area contributed by atoms with Crippen LogP contribution in [0.3, 0.4) is 0 Å². The fraction of sp³-hybridized carbons (Fsp3) is 0.412. The van der Waals surface area contributed by atoms with Crippen molar-refractivity contribution in [2.75, 3.05) is 14.1 Å². The van der Waals surface area contributed by atoms with E-state index in [1.807, 2.05) is 18.2 Å². The molecular weight excluding hydrogens is 345 g/mol. The minimum atomic E-state index is 0. The molecule has 0 aromatic heterocycles. The van der Waals surface area contributed by atoms with E-state index in [0.717, 1.165) is 22.5 Å². The number of benzene rings is 1. The van der Waals surface area contributed by atoms with E-state index in [-0.39, 0.29) is 24.0 Å². The fourth-order valence-electron chi connectivity index (χ4n) is 3.23. The van der Waals surface area contributed by atoms with Crippen LogP contribution in [0.15, 0.2) is 42.0 Å². The molecule has 2 atom stereocenters. The summed E-state index contributed by atoms with van der Waals surface area (Å²) in [4.78, 5) is 0. The van der Waals surface area contributed by atoms with Crippen molar-refractivity contribution in [3.63, 3.8) is 0 Å². The van der Waals surface area contributed by atoms with Crippen molar-refractivity contribution < 1.29 is 28.5 Å². The molecule has 2 aliphatic heterocycles. The Kier molecular flexibility index (Phi) is 4.37. The normalized spacial score (nSPS) is 26.7. The summed E-state index contributed by atoms with van der Waals surface area (Å²) in [6.45, 7) is 0. The molecule has 19 heavy (non-hydrogen) atoms. The van der Waals surface area contributed by atoms with Crippen LogP contribution >= 0.6 is 0 Å². The maximum atomic E-state index is 3.38. The zero-order valence-electron chi connectivity index (χ0n) is 11.6. The van der Waals surface area contributed by atoms with Gasteiger partial charge in [-0.25, -0.2) is 0 Å². The highest BCUT2D eigenvalue weighted by atomic mass is 127. The van der Waals surface area contributed by atoms with Crippen LogP contribution in [-0.4, -0.2) is 30.7 Å². The second-order valence-electron chi connectivity index (χ2n) is 5.94. The molecule has 0 N–H and O–H groups in total. The summed E-state index contributed by atoms with van der Waals surface area (Å²) in [7, 11) is 4.72. The average Bonchev–Trinajstić information content (AvgIpc) is 2.58. The Balaban J connectivity index is 0.00000133. The minimum Gasteiger partial charge on any atom is -1.00 e. The van der Waals surface area contributed by atoms with Crippen molar-refractivity contribution in [1.82, 2.24) is 0 Å². The highest BCUT2D eigenvalue weighted by Gasteiger charge is 2.44. The van der Waals surface area contributed by atoms with Gasteiger partial charge in [0.05, 0.1) is 20.1 Å². The molecule has 1 nitrogen and oxygen atoms in total. The Labute approximate surface area is 133 Å². The lowest BCUT2D eigenvalue weighted by Gasteiger charge is -2.39. The third kappa shape index (κ3) is 2.88. The second kappa shape index (κ2) is 5.68. The van der Waals surface area contributed by atoms with E-state index in [2.05, 4.69) is 44.1 Å². The van der Waals surface area contributed by atoms with Gasteiger partial charge in [-0.3, -0.25) is 0 Å². The van der Waals surface area contributed by atoms with Crippen LogP contribution in [0.25, 0.3) is 0 Å². The number of hydrogen-bond donors (Lipinski definition) is 0. The van der Waals surface area contributed by atoms with Crippen molar-refractivity contribution in [2.24, 2.45) is 0 Å². The molecule has 0 saturated carbocycles. The number of likely N-dealkylation sites (N-methyl/N-ethyl adjacent to an activating group) is 1. The number of nitrogens with zero attached hydrogens (tertiary/aromatic N) is 1. The molecule has 0 aliphatic carbocycles. The SMILES string of the molecule is C[N+]1(C)C2C=C(C#Cc3ccccc3)CC1CC2.[I-]. The van der Waals surface area contributed by atoms with Crippen LogP contribution in [0.4, 0.5) is 0 Å². The molecular formula is C17H20IN. The standard InChI is InChI=1S/C17H20N.HI/c1-18(2)16-10-11-17(18)13-15(12-16)9-8-14-6-4-3-5-7-14;/h3-7,12,16-17H,10-11,13H2,1-2H3;1H/q+1;/p-1. The number of fused-ring (bicyclic) bond motifs is 2. The van der Waals surface area contributed by atoms with Crippen molar-refractivity contribution in [1.29, 1.82) is 0 Å². The van der Waals surface area contributed by atoms with Gasteiger partial charge < -0.3 is 28.5 Å². The van der Waals surface area contributed by atoms with Crippen molar-refractivity contribution >= 4 is 0 Å². The van der Waals surface area contributed by atoms with Gasteiger partial charge in [-0.15, -0.1) is 0 Å². The smallest absolute Gasteiger partial charge is 0.109 e. The quantitative estimate of drug-likeness (QED) is 0.345. The first-order valence-corrected chi connectivity index (χ1v) is 6.77. The first-order valence-electron chi connectivity index (χ1n) is 6.77. The highest BCUT2D eigenvalue weighted by Crippen LogP contribution is 2.38. The van der Waals surface area contributed by atoms with Crippen LogP contribution in [0.5, 0.6) is 0 Å². The molecule has 2 heteroatoms. The Morgan fingerprint density at radius 1 is 1.05 bits per heavy atom. The lowest BCUT2D eigenvalue weighted by Crippen LogP contribution is -3.00. The molecule has 0 radical (unpaired) electrons. The molecule has 0 spiro atoms. The van der Waals surface area contributed by atoms with E-state index < -0.39 is 0 Å². The van der Waals surface area contributed by atoms with Crippen LogP contribution in [0.1, 0.15) is 24.8 Å². The summed E-state index contributed by atoms with van der Waals surface area (Å²) in [6.07, 6.45) is 6.25. The molecule has 1 fully saturated rings. The number of hydrogen-bond acceptors (Lipinski definition) is 0. The van der Waals surface area contributed by atoms with E-state index in [1.165, 1.54) is 18.4 Å². The van der Waals surface area contributed by atoms with Crippen LogP contribution in [-0.2, 0) is 0 Å². The largest absolute Gasteiger partial charge is 1.00 e. The topological polar surface area (TPSA) is 0 Å². The Morgan fingerprint density at radius 2 is 1.79 bits per heavy atom. The van der Waals surface area contributed by atoms with Gasteiger partial charge in [-0.05, 0) is 18.2 Å². The van der Waals surface area contributed by atoms with Gasteiger partial charge >= 0.3 is 0 Å². The van der Waals surface area contributed by atoms with E-state index in [0.29, 0.717) is 6.04 Å². The number of quaternary nitrogens is 1. The van der Waals surface area contributed by atoms with Gasteiger partial charge in [-0.1, -0.05) is 30.0 Å². The lowest BCUT2D eigenvalue weighted by molar-refractivity contribution is -0.920. The first kappa shape index (κ1) is 14.6. The van der Waals surface area contributed by atoms with Crippen molar-refractivity contribution in [2.45, 2.75) is 31.3 Å². The van der Waals surface area contributed by atoms with Gasteiger partial charge in [-0.2, -0.15) is 0 Å². The van der Waals surface area contributed by atoms with Crippen LogP contribution in [0.2, 0.25) is 0 Å². The first-order chi connectivity index (χ1) is 8.66. The third-order valence-electron chi connectivity index (χ3n) is 4.58. The zero-order valence-corrected chi connectivity index (χ0v) is 13.7. The van der Waals surface area contributed by atoms with Gasteiger partial charge in [0.15, 0.2) is 0 Å². The Morgan fingerprint density at radius 3 is 2.47 bits per heavy atom. The number of rotatable bonds is 0. The predicted octanol–water partition coefficient (Wildman–Crippen LogP) is -0.0204. The molecule has 1 saturated heterocycles. The van der Waals surface area contributed by atoms with Gasteiger partial charge in [0, 0.05) is 30.4 Å². The molecule has 1 aromatic rings. The molecule has 2 aliphatic rings. The van der Waals surface area contributed by atoms with Gasteiger partial charge in [0.1, 0.15) is 6.04 Å². The fourth-order valence-corrected chi connectivity index (χ4v) is 3.23. The summed E-state index contributed by atoms with van der Waals surface area (Å²) in [5.41, 5.74) is 2.47. The summed E-state index contributed by atoms with van der Waals surface area (Å²) in [6, 6.07) is 11.7. The monoisotopic (exact) mass is 365 g/mol. The molecule has 2 unspecified atom stereocenters. The average molecular weight is 365 g/mol. The Hall–Kier alpha value is -0.790. The maximum absolute atomic E-state index is 3.38. The van der Waals surface area contributed by atoms with Gasteiger partial charge in [0.25, 0.3) is 0 Å². The summed E-state index contributed by atoms with van der Waals surface area (Å²) in [5, 5.41) is 0. The van der Waals surface area contributed by atoms with E-state index in [1.54, 1.807) is 0 Å². The molecule has 1 aromatic carbocycles. The second-order valence-corrected chi connectivity index (χ2v) is 5.94. The van der Waals surface area contributed by atoms with Gasteiger partial charge in [0.2, 0.25) is 0 Å². The minimum absolute atomic E-state index is 0. The zero-order chi connectivity index (χ0) is 12.6. The summed E-state index contributed by atoms with van der Waals surface area (Å²) >= 11 is 0. The molecule has 2 heterocycles. The summed E-state index contributed by atoms with van der Waals surface area (Å²) in [5.74, 6) is 6.66. The predicted molar refractivity (Wildman–Crippen MR) is 74.9 cm³/mol. The number of halogens is 1. The van der Waals surface area contributed by atoms with Crippen LogP contribution < -0.4 is 24.0 Å². The Bertz CT molecular complexity index is 533. The van der Waals surface area contributed by atoms with E-state index >= 15 is 0 Å². The molecule has 100 valence electrons. The van der Waals surface area contributed by atoms with E-state index in [4.69, 9.17) is 0 Å². The van der Waals surface area contributed by atoms with Crippen LogP contribution in [0, 0.1) is 11.8 Å². The summed E-state index contributed by atoms with van der Waals surface area (Å²) < 4.78 is 1.16. The highest BCUT2D eigenvalue weighted by molar-refractivity contribution is 5.41. The molecule has 2 bridgehead atoms. The molecule has 0 amide bonds. The van der Waals surface area contributed by atoms with Crippen molar-refractivity contribution in [3.05, 3.63) is 47.5 Å². The third-order valence-corrected chi connectivity index (χ3v) is 4.58.